The number of aromatic nitrogens is 1. The van der Waals surface area contributed by atoms with Crippen LogP contribution in [0.5, 0.6) is 0 Å². The Bertz CT molecular complexity index is 617. The summed E-state index contributed by atoms with van der Waals surface area (Å²) in [7, 11) is 0. The molecule has 1 heterocycles. The van der Waals surface area contributed by atoms with Gasteiger partial charge in [0.25, 0.3) is 0 Å². The number of rotatable bonds is 3. The molecule has 0 atom stereocenters. The lowest BCUT2D eigenvalue weighted by atomic mass is 10.1. The van der Waals surface area contributed by atoms with Crippen molar-refractivity contribution in [3.8, 4) is 10.4 Å². The van der Waals surface area contributed by atoms with Gasteiger partial charge in [-0.2, -0.15) is 13.2 Å². The number of ketones is 1. The van der Waals surface area contributed by atoms with E-state index in [9.17, 15) is 22.8 Å². The molecule has 0 fully saturated rings. The number of alkyl halides is 3. The van der Waals surface area contributed by atoms with Crippen LogP contribution in [0.3, 0.4) is 0 Å². The van der Waals surface area contributed by atoms with Crippen LogP contribution < -0.4 is 0 Å². The number of nitrogens with zero attached hydrogens (tertiary/aromatic N) is 1. The average Bonchev–Trinajstić information content (AvgIpc) is 2.87. The van der Waals surface area contributed by atoms with Crippen molar-refractivity contribution in [3.05, 3.63) is 41.0 Å². The van der Waals surface area contributed by atoms with E-state index in [1.165, 1.54) is 24.3 Å². The van der Waals surface area contributed by atoms with Crippen molar-refractivity contribution in [2.75, 3.05) is 0 Å². The molecule has 0 aliphatic heterocycles. The lowest BCUT2D eigenvalue weighted by Gasteiger charge is -2.00. The molecule has 98 valence electrons. The fourth-order valence-electron chi connectivity index (χ4n) is 1.41. The molecule has 0 unspecified atom stereocenters. The van der Waals surface area contributed by atoms with Crippen molar-refractivity contribution in [3.63, 3.8) is 0 Å². The maximum absolute atomic E-state index is 12.4. The van der Waals surface area contributed by atoms with Gasteiger partial charge in [0.05, 0.1) is 4.88 Å². The lowest BCUT2D eigenvalue weighted by Crippen LogP contribution is -2.02. The van der Waals surface area contributed by atoms with Crippen molar-refractivity contribution < 1.29 is 22.8 Å². The van der Waals surface area contributed by atoms with Crippen LogP contribution in [0.1, 0.15) is 15.4 Å². The van der Waals surface area contributed by atoms with E-state index in [2.05, 4.69) is 4.98 Å². The number of halogens is 3. The summed E-state index contributed by atoms with van der Waals surface area (Å²) in [5.41, 5.74) is 0.703. The topological polar surface area (TPSA) is 47.0 Å². The van der Waals surface area contributed by atoms with Crippen LogP contribution >= 0.6 is 11.3 Å². The molecule has 0 N–H and O–H groups in total. The third kappa shape index (κ3) is 2.87. The first kappa shape index (κ1) is 13.4. The smallest absolute Gasteiger partial charge is 0.294 e. The Morgan fingerprint density at radius 2 is 1.84 bits per heavy atom. The summed E-state index contributed by atoms with van der Waals surface area (Å²) in [5.74, 6) is -0.674. The minimum absolute atomic E-state index is 0.184. The second kappa shape index (κ2) is 4.93. The number of carbonyl (C=O) groups excluding carboxylic acids is 2. The number of hydrogen-bond donors (Lipinski definition) is 0. The van der Waals surface area contributed by atoms with Crippen molar-refractivity contribution in [1.29, 1.82) is 0 Å². The van der Waals surface area contributed by atoms with Crippen LogP contribution in [0.15, 0.2) is 30.5 Å². The molecule has 0 saturated heterocycles. The van der Waals surface area contributed by atoms with Crippen molar-refractivity contribution in [2.45, 2.75) is 6.18 Å². The monoisotopic (exact) mass is 285 g/mol. The zero-order chi connectivity index (χ0) is 14.0. The fraction of sp³-hybridized carbons (Fsp3) is 0.0833. The molecular weight excluding hydrogens is 279 g/mol. The molecule has 0 radical (unpaired) electrons. The second-order valence-electron chi connectivity index (χ2n) is 3.59. The molecule has 1 aromatic carbocycles. The van der Waals surface area contributed by atoms with Gasteiger partial charge in [-0.15, -0.1) is 11.3 Å². The molecule has 3 nitrogen and oxygen atoms in total. The summed E-state index contributed by atoms with van der Waals surface area (Å²) in [6, 6.07) is 5.73. The van der Waals surface area contributed by atoms with E-state index in [0.29, 0.717) is 21.8 Å². The summed E-state index contributed by atoms with van der Waals surface area (Å²) in [6.45, 7) is 0. The predicted octanol–water partition coefficient (Wildman–Crippen LogP) is 3.21. The minimum atomic E-state index is -4.46. The summed E-state index contributed by atoms with van der Waals surface area (Å²) in [5, 5.41) is -0.921. The van der Waals surface area contributed by atoms with Gasteiger partial charge in [0.15, 0.2) is 11.3 Å². The fourth-order valence-corrected chi connectivity index (χ4v) is 2.19. The van der Waals surface area contributed by atoms with E-state index in [-0.39, 0.29) is 11.8 Å². The van der Waals surface area contributed by atoms with Crippen LogP contribution in [-0.2, 0) is 11.0 Å². The van der Waals surface area contributed by atoms with Crippen molar-refractivity contribution >= 4 is 23.4 Å². The third-order valence-electron chi connectivity index (χ3n) is 2.31. The van der Waals surface area contributed by atoms with Gasteiger partial charge in [-0.05, 0) is 5.56 Å². The predicted molar refractivity (Wildman–Crippen MR) is 62.9 cm³/mol. The van der Waals surface area contributed by atoms with Gasteiger partial charge in [0, 0.05) is 11.8 Å². The first-order valence-corrected chi connectivity index (χ1v) is 5.86. The van der Waals surface area contributed by atoms with E-state index >= 15 is 0 Å². The minimum Gasteiger partial charge on any atom is -0.294 e. The molecular formula is C12H6F3NO2S. The molecule has 2 aromatic rings. The van der Waals surface area contributed by atoms with Crippen molar-refractivity contribution in [1.82, 2.24) is 4.98 Å². The first-order chi connectivity index (χ1) is 8.91. The largest absolute Gasteiger partial charge is 0.443 e. The highest BCUT2D eigenvalue weighted by molar-refractivity contribution is 7.15. The first-order valence-electron chi connectivity index (χ1n) is 5.05. The highest BCUT2D eigenvalue weighted by atomic mass is 32.1. The SMILES string of the molecule is O=CC(=O)c1ccc(-c2cnc(C(F)(F)F)s2)cc1. The van der Waals surface area contributed by atoms with Crippen LogP contribution in [-0.4, -0.2) is 17.1 Å². The summed E-state index contributed by atoms with van der Waals surface area (Å²) < 4.78 is 37.2. The summed E-state index contributed by atoms with van der Waals surface area (Å²) in [4.78, 5) is 25.0. The van der Waals surface area contributed by atoms with Gasteiger partial charge in [-0.1, -0.05) is 24.3 Å². The van der Waals surface area contributed by atoms with Gasteiger partial charge < -0.3 is 0 Å². The van der Waals surface area contributed by atoms with Crippen molar-refractivity contribution in [2.24, 2.45) is 0 Å². The van der Waals surface area contributed by atoms with Crippen LogP contribution in [0.2, 0.25) is 0 Å². The third-order valence-corrected chi connectivity index (χ3v) is 3.40. The Kier molecular flexibility index (Phi) is 3.48. The van der Waals surface area contributed by atoms with Gasteiger partial charge in [-0.25, -0.2) is 4.98 Å². The summed E-state index contributed by atoms with van der Waals surface area (Å²) >= 11 is 0.522. The number of aldehydes is 1. The average molecular weight is 285 g/mol. The number of Topliss-reactive ketones (excluding diaryl/α,β-unsaturated/α-hetero) is 1. The van der Waals surface area contributed by atoms with Gasteiger partial charge in [0.1, 0.15) is 0 Å². The Hall–Kier alpha value is -2.02. The van der Waals surface area contributed by atoms with Crippen LogP contribution in [0, 0.1) is 0 Å². The number of thiazole rings is 1. The molecule has 19 heavy (non-hydrogen) atoms. The summed E-state index contributed by atoms with van der Waals surface area (Å²) in [6.07, 6.45) is -3.15. The van der Waals surface area contributed by atoms with Crippen LogP contribution in [0.4, 0.5) is 13.2 Å². The second-order valence-corrected chi connectivity index (χ2v) is 4.62. The molecule has 0 spiro atoms. The molecule has 0 saturated carbocycles. The molecule has 2 rings (SSSR count). The molecule has 0 aliphatic rings. The molecule has 0 amide bonds. The molecule has 7 heteroatoms. The zero-order valence-electron chi connectivity index (χ0n) is 9.27. The molecule has 0 aliphatic carbocycles. The Balaban J connectivity index is 2.30. The lowest BCUT2D eigenvalue weighted by molar-refractivity contribution is -0.137. The number of hydrogen-bond acceptors (Lipinski definition) is 4. The normalized spacial score (nSPS) is 11.3. The van der Waals surface area contributed by atoms with Gasteiger partial charge in [0.2, 0.25) is 5.78 Å². The number of carbonyl (C=O) groups is 2. The Morgan fingerprint density at radius 3 is 2.32 bits per heavy atom. The number of benzene rings is 1. The van der Waals surface area contributed by atoms with Gasteiger partial charge in [-0.3, -0.25) is 9.59 Å². The van der Waals surface area contributed by atoms with E-state index in [0.717, 1.165) is 6.20 Å². The maximum Gasteiger partial charge on any atom is 0.443 e. The molecule has 0 bridgehead atoms. The highest BCUT2D eigenvalue weighted by Crippen LogP contribution is 2.36. The molecule has 1 aromatic heterocycles. The highest BCUT2D eigenvalue weighted by Gasteiger charge is 2.34. The van der Waals surface area contributed by atoms with E-state index in [1.54, 1.807) is 0 Å². The van der Waals surface area contributed by atoms with E-state index < -0.39 is 17.0 Å². The van der Waals surface area contributed by atoms with E-state index in [4.69, 9.17) is 0 Å². The Labute approximate surface area is 109 Å². The Morgan fingerprint density at radius 1 is 1.21 bits per heavy atom. The quantitative estimate of drug-likeness (QED) is 0.494. The van der Waals surface area contributed by atoms with Gasteiger partial charge >= 0.3 is 6.18 Å². The zero-order valence-corrected chi connectivity index (χ0v) is 10.1. The standard InChI is InChI=1S/C12H6F3NO2S/c13-12(14,15)11-16-5-10(19-11)8-3-1-7(2-4-8)9(18)6-17/h1-6H. The van der Waals surface area contributed by atoms with E-state index in [1.807, 2.05) is 0 Å². The van der Waals surface area contributed by atoms with Crippen LogP contribution in [0.25, 0.3) is 10.4 Å². The maximum atomic E-state index is 12.4.